The van der Waals surface area contributed by atoms with Crippen LogP contribution in [0.1, 0.15) is 21.5 Å². The highest BCUT2D eigenvalue weighted by Gasteiger charge is 2.20. The predicted molar refractivity (Wildman–Crippen MR) is 86.6 cm³/mol. The summed E-state index contributed by atoms with van der Waals surface area (Å²) in [6, 6.07) is 12.0. The van der Waals surface area contributed by atoms with Gasteiger partial charge in [-0.3, -0.25) is 14.9 Å². The minimum absolute atomic E-state index is 0.0503. The summed E-state index contributed by atoms with van der Waals surface area (Å²) in [5.41, 5.74) is 1.58. The van der Waals surface area contributed by atoms with E-state index in [4.69, 9.17) is 4.74 Å². The Morgan fingerprint density at radius 1 is 1.26 bits per heavy atom. The number of hydrogen-bond acceptors (Lipinski definition) is 4. The molecular formula is C17H18N2O4. The fraction of sp³-hybridized carbons (Fsp3) is 0.235. The van der Waals surface area contributed by atoms with Crippen molar-refractivity contribution in [2.75, 3.05) is 14.2 Å². The monoisotopic (exact) mass is 314 g/mol. The normalized spacial score (nSPS) is 10.2. The molecule has 0 aromatic heterocycles. The summed E-state index contributed by atoms with van der Waals surface area (Å²) in [6.07, 6.45) is 0. The molecule has 0 heterocycles. The lowest BCUT2D eigenvalue weighted by Gasteiger charge is -2.18. The maximum absolute atomic E-state index is 12.6. The smallest absolute Gasteiger partial charge is 0.273 e. The first-order valence-corrected chi connectivity index (χ1v) is 7.06. The number of carbonyl (C=O) groups excluding carboxylic acids is 1. The molecule has 1 amide bonds. The molecule has 2 rings (SSSR count). The van der Waals surface area contributed by atoms with E-state index in [2.05, 4.69) is 0 Å². The summed E-state index contributed by atoms with van der Waals surface area (Å²) < 4.78 is 5.16. The van der Waals surface area contributed by atoms with Crippen molar-refractivity contribution in [1.29, 1.82) is 0 Å². The third-order valence-corrected chi connectivity index (χ3v) is 3.63. The van der Waals surface area contributed by atoms with Crippen molar-refractivity contribution in [1.82, 2.24) is 4.90 Å². The second-order valence-corrected chi connectivity index (χ2v) is 5.22. The van der Waals surface area contributed by atoms with Gasteiger partial charge in [0.15, 0.2) is 0 Å². The largest absolute Gasteiger partial charge is 0.497 e. The molecule has 6 nitrogen and oxygen atoms in total. The standard InChI is InChI=1S/C17H18N2O4/c1-12-15(8-5-9-16(12)19(21)22)17(20)18(2)11-13-6-4-7-14(10-13)23-3/h4-10H,11H2,1-3H3. The molecule has 0 bridgehead atoms. The zero-order valence-corrected chi connectivity index (χ0v) is 13.3. The number of ether oxygens (including phenoxy) is 1. The number of amides is 1. The zero-order chi connectivity index (χ0) is 17.0. The van der Waals surface area contributed by atoms with E-state index in [0.717, 1.165) is 11.3 Å². The summed E-state index contributed by atoms with van der Waals surface area (Å²) in [5, 5.41) is 11.0. The Morgan fingerprint density at radius 2 is 1.96 bits per heavy atom. The topological polar surface area (TPSA) is 72.7 Å². The van der Waals surface area contributed by atoms with Crippen molar-refractivity contribution in [3.8, 4) is 5.75 Å². The van der Waals surface area contributed by atoms with Crippen molar-refractivity contribution in [3.05, 3.63) is 69.3 Å². The SMILES string of the molecule is COc1cccc(CN(C)C(=O)c2cccc([N+](=O)[O-])c2C)c1. The summed E-state index contributed by atoms with van der Waals surface area (Å²) in [5.74, 6) is 0.462. The van der Waals surface area contributed by atoms with Crippen molar-refractivity contribution < 1.29 is 14.5 Å². The van der Waals surface area contributed by atoms with E-state index in [1.165, 1.54) is 17.0 Å². The minimum Gasteiger partial charge on any atom is -0.497 e. The number of nitrogens with zero attached hydrogens (tertiary/aromatic N) is 2. The van der Waals surface area contributed by atoms with Crippen LogP contribution in [0.5, 0.6) is 5.75 Å². The van der Waals surface area contributed by atoms with Crippen molar-refractivity contribution >= 4 is 11.6 Å². The molecule has 120 valence electrons. The van der Waals surface area contributed by atoms with Crippen molar-refractivity contribution in [3.63, 3.8) is 0 Å². The third kappa shape index (κ3) is 3.66. The van der Waals surface area contributed by atoms with Gasteiger partial charge in [0.1, 0.15) is 5.75 Å². The van der Waals surface area contributed by atoms with Gasteiger partial charge in [-0.05, 0) is 30.7 Å². The maximum atomic E-state index is 12.6. The molecule has 0 aliphatic heterocycles. The lowest BCUT2D eigenvalue weighted by Crippen LogP contribution is -2.27. The average molecular weight is 314 g/mol. The molecule has 0 atom stereocenters. The van der Waals surface area contributed by atoms with Crippen LogP contribution in [-0.4, -0.2) is 29.9 Å². The van der Waals surface area contributed by atoms with E-state index < -0.39 is 4.92 Å². The number of benzene rings is 2. The van der Waals surface area contributed by atoms with E-state index in [1.54, 1.807) is 27.1 Å². The van der Waals surface area contributed by atoms with Crippen molar-refractivity contribution in [2.45, 2.75) is 13.5 Å². The molecule has 6 heteroatoms. The van der Waals surface area contributed by atoms with Crippen LogP contribution in [0.3, 0.4) is 0 Å². The number of nitro groups is 1. The predicted octanol–water partition coefficient (Wildman–Crippen LogP) is 3.18. The van der Waals surface area contributed by atoms with Gasteiger partial charge in [-0.1, -0.05) is 18.2 Å². The molecule has 0 saturated heterocycles. The molecule has 0 N–H and O–H groups in total. The van der Waals surface area contributed by atoms with Crippen LogP contribution in [0.25, 0.3) is 0 Å². The van der Waals surface area contributed by atoms with E-state index >= 15 is 0 Å². The van der Waals surface area contributed by atoms with Gasteiger partial charge in [-0.2, -0.15) is 0 Å². The first-order chi connectivity index (χ1) is 10.9. The van der Waals surface area contributed by atoms with E-state index in [0.29, 0.717) is 17.7 Å². The van der Waals surface area contributed by atoms with Crippen LogP contribution in [0.4, 0.5) is 5.69 Å². The molecule has 0 aliphatic carbocycles. The quantitative estimate of drug-likeness (QED) is 0.627. The highest BCUT2D eigenvalue weighted by atomic mass is 16.6. The zero-order valence-electron chi connectivity index (χ0n) is 13.3. The summed E-state index contributed by atoms with van der Waals surface area (Å²) >= 11 is 0. The maximum Gasteiger partial charge on any atom is 0.273 e. The van der Waals surface area contributed by atoms with Gasteiger partial charge in [0.2, 0.25) is 0 Å². The van der Waals surface area contributed by atoms with Crippen LogP contribution in [0.15, 0.2) is 42.5 Å². The molecule has 2 aromatic rings. The van der Waals surface area contributed by atoms with Crippen LogP contribution in [0.2, 0.25) is 0 Å². The number of rotatable bonds is 5. The first-order valence-electron chi connectivity index (χ1n) is 7.06. The van der Waals surface area contributed by atoms with Crippen molar-refractivity contribution in [2.24, 2.45) is 0 Å². The van der Waals surface area contributed by atoms with Gasteiger partial charge in [-0.25, -0.2) is 0 Å². The van der Waals surface area contributed by atoms with Gasteiger partial charge >= 0.3 is 0 Å². The number of methoxy groups -OCH3 is 1. The fourth-order valence-corrected chi connectivity index (χ4v) is 2.38. The summed E-state index contributed by atoms with van der Waals surface area (Å²) in [6.45, 7) is 1.98. The molecule has 0 saturated carbocycles. The molecular weight excluding hydrogens is 296 g/mol. The highest BCUT2D eigenvalue weighted by Crippen LogP contribution is 2.23. The average Bonchev–Trinajstić information content (AvgIpc) is 2.54. The van der Waals surface area contributed by atoms with Crippen LogP contribution >= 0.6 is 0 Å². The lowest BCUT2D eigenvalue weighted by atomic mass is 10.1. The molecule has 2 aromatic carbocycles. The number of carbonyl (C=O) groups is 1. The van der Waals surface area contributed by atoms with Crippen LogP contribution in [0, 0.1) is 17.0 Å². The van der Waals surface area contributed by atoms with Crippen LogP contribution in [-0.2, 0) is 6.54 Å². The first kappa shape index (κ1) is 16.5. The minimum atomic E-state index is -0.478. The molecule has 23 heavy (non-hydrogen) atoms. The Bertz CT molecular complexity index is 743. The highest BCUT2D eigenvalue weighted by molar-refractivity contribution is 5.96. The second-order valence-electron chi connectivity index (χ2n) is 5.22. The van der Waals surface area contributed by atoms with E-state index in [-0.39, 0.29) is 11.6 Å². The molecule has 0 aliphatic rings. The lowest BCUT2D eigenvalue weighted by molar-refractivity contribution is -0.385. The fourth-order valence-electron chi connectivity index (χ4n) is 2.38. The van der Waals surface area contributed by atoms with Gasteiger partial charge in [0.05, 0.1) is 12.0 Å². The van der Waals surface area contributed by atoms with Crippen LogP contribution < -0.4 is 4.74 Å². The Hall–Kier alpha value is -2.89. The van der Waals surface area contributed by atoms with E-state index in [1.807, 2.05) is 24.3 Å². The van der Waals surface area contributed by atoms with Gasteiger partial charge < -0.3 is 9.64 Å². The molecule has 0 fully saturated rings. The molecule has 0 radical (unpaired) electrons. The Morgan fingerprint density at radius 3 is 2.61 bits per heavy atom. The van der Waals surface area contributed by atoms with E-state index in [9.17, 15) is 14.9 Å². The Labute approximate surface area is 134 Å². The molecule has 0 spiro atoms. The molecule has 0 unspecified atom stereocenters. The number of hydrogen-bond donors (Lipinski definition) is 0. The number of nitro benzene ring substituents is 1. The summed E-state index contributed by atoms with van der Waals surface area (Å²) in [4.78, 5) is 24.6. The third-order valence-electron chi connectivity index (χ3n) is 3.63. The summed E-state index contributed by atoms with van der Waals surface area (Å²) in [7, 11) is 3.25. The van der Waals surface area contributed by atoms with Gasteiger partial charge in [-0.15, -0.1) is 0 Å². The Kier molecular flexibility index (Phi) is 4.95. The van der Waals surface area contributed by atoms with Gasteiger partial charge in [0, 0.05) is 30.8 Å². The second kappa shape index (κ2) is 6.91. The Balaban J connectivity index is 2.23. The van der Waals surface area contributed by atoms with Gasteiger partial charge in [0.25, 0.3) is 11.6 Å².